The summed E-state index contributed by atoms with van der Waals surface area (Å²) in [4.78, 5) is 13.2. The third kappa shape index (κ3) is 2.76. The van der Waals surface area contributed by atoms with Crippen molar-refractivity contribution in [2.45, 2.75) is 13.0 Å². The van der Waals surface area contributed by atoms with Crippen LogP contribution < -0.4 is 10.1 Å². The van der Waals surface area contributed by atoms with Gasteiger partial charge in [0.1, 0.15) is 5.75 Å². The molecule has 1 aliphatic rings. The lowest BCUT2D eigenvalue weighted by molar-refractivity contribution is -0.130. The molecule has 1 heterocycles. The number of hydrogen-bond acceptors (Lipinski definition) is 3. The zero-order chi connectivity index (χ0) is 13.1. The molecule has 18 heavy (non-hydrogen) atoms. The highest BCUT2D eigenvalue weighted by atomic mass is 35.5. The molecule has 1 aromatic rings. The summed E-state index contributed by atoms with van der Waals surface area (Å²) in [5.74, 6) is 0.778. The summed E-state index contributed by atoms with van der Waals surface area (Å²) in [6.45, 7) is 3.84. The first kappa shape index (κ1) is 13.2. The average Bonchev–Trinajstić information content (AvgIpc) is 2.38. The van der Waals surface area contributed by atoms with Crippen LogP contribution in [0, 0.1) is 0 Å². The number of rotatable bonds is 2. The van der Waals surface area contributed by atoms with Crippen LogP contribution in [0.25, 0.3) is 0 Å². The van der Waals surface area contributed by atoms with Crippen LogP contribution >= 0.6 is 11.6 Å². The Labute approximate surface area is 112 Å². The van der Waals surface area contributed by atoms with Gasteiger partial charge in [-0.2, -0.15) is 0 Å². The Balaban J connectivity index is 2.16. The lowest BCUT2D eigenvalue weighted by atomic mass is 10.0. The van der Waals surface area contributed by atoms with Gasteiger partial charge in [0.2, 0.25) is 5.91 Å². The van der Waals surface area contributed by atoms with Crippen LogP contribution in [0.3, 0.4) is 0 Å². The Kier molecular flexibility index (Phi) is 4.09. The Hall–Kier alpha value is -1.26. The van der Waals surface area contributed by atoms with E-state index in [-0.39, 0.29) is 11.9 Å². The van der Waals surface area contributed by atoms with Gasteiger partial charge in [-0.05, 0) is 17.7 Å². The Morgan fingerprint density at radius 1 is 1.56 bits per heavy atom. The second-order valence-corrected chi connectivity index (χ2v) is 4.77. The third-order valence-electron chi connectivity index (χ3n) is 3.20. The summed E-state index contributed by atoms with van der Waals surface area (Å²) in [5.41, 5.74) is 1.08. The molecule has 0 aliphatic carbocycles. The van der Waals surface area contributed by atoms with E-state index < -0.39 is 0 Å². The largest absolute Gasteiger partial charge is 0.495 e. The summed E-state index contributed by atoms with van der Waals surface area (Å²) >= 11 is 6.11. The molecule has 1 N–H and O–H groups in total. The SMILES string of the molecule is COc1ccc(C2CN(C(C)=O)CCN2)cc1Cl. The van der Waals surface area contributed by atoms with Gasteiger partial charge in [0.25, 0.3) is 0 Å². The van der Waals surface area contributed by atoms with E-state index in [1.807, 2.05) is 23.1 Å². The summed E-state index contributed by atoms with van der Waals surface area (Å²) in [6.07, 6.45) is 0. The maximum Gasteiger partial charge on any atom is 0.219 e. The van der Waals surface area contributed by atoms with Gasteiger partial charge < -0.3 is 15.0 Å². The summed E-state index contributed by atoms with van der Waals surface area (Å²) in [5, 5.41) is 3.99. The van der Waals surface area contributed by atoms with Crippen molar-refractivity contribution in [2.24, 2.45) is 0 Å². The molecule has 0 radical (unpaired) electrons. The quantitative estimate of drug-likeness (QED) is 0.890. The fourth-order valence-corrected chi connectivity index (χ4v) is 2.42. The number of amides is 1. The van der Waals surface area contributed by atoms with E-state index in [1.165, 1.54) is 0 Å². The number of ether oxygens (including phenoxy) is 1. The average molecular weight is 269 g/mol. The number of benzene rings is 1. The van der Waals surface area contributed by atoms with Crippen molar-refractivity contribution in [1.29, 1.82) is 0 Å². The Bertz CT molecular complexity index is 451. The number of nitrogens with zero attached hydrogens (tertiary/aromatic N) is 1. The van der Waals surface area contributed by atoms with E-state index in [4.69, 9.17) is 16.3 Å². The van der Waals surface area contributed by atoms with E-state index in [2.05, 4.69) is 5.32 Å². The van der Waals surface area contributed by atoms with E-state index in [1.54, 1.807) is 14.0 Å². The maximum atomic E-state index is 11.4. The second kappa shape index (κ2) is 5.59. The van der Waals surface area contributed by atoms with Crippen molar-refractivity contribution in [3.8, 4) is 5.75 Å². The maximum absolute atomic E-state index is 11.4. The molecule has 0 spiro atoms. The van der Waals surface area contributed by atoms with Crippen molar-refractivity contribution in [3.63, 3.8) is 0 Å². The number of carbonyl (C=O) groups excluding carboxylic acids is 1. The molecule has 1 fully saturated rings. The minimum atomic E-state index is 0.112. The number of carbonyl (C=O) groups is 1. The molecule has 0 saturated carbocycles. The fraction of sp³-hybridized carbons (Fsp3) is 0.462. The number of methoxy groups -OCH3 is 1. The van der Waals surface area contributed by atoms with Gasteiger partial charge in [0.05, 0.1) is 12.1 Å². The molecule has 0 aromatic heterocycles. The first-order chi connectivity index (χ1) is 8.61. The second-order valence-electron chi connectivity index (χ2n) is 4.37. The van der Waals surface area contributed by atoms with Crippen LogP contribution in [0.4, 0.5) is 0 Å². The molecule has 1 aliphatic heterocycles. The molecule has 1 aromatic carbocycles. The predicted molar refractivity (Wildman–Crippen MR) is 71.0 cm³/mol. The number of hydrogen-bond donors (Lipinski definition) is 1. The standard InChI is InChI=1S/C13H17ClN2O2/c1-9(17)16-6-5-15-12(8-16)10-3-4-13(18-2)11(14)7-10/h3-4,7,12,15H,5-6,8H2,1-2H3. The lowest BCUT2D eigenvalue weighted by Crippen LogP contribution is -2.47. The summed E-state index contributed by atoms with van der Waals surface area (Å²) in [6, 6.07) is 5.85. The molecule has 5 heteroatoms. The molecule has 1 unspecified atom stereocenters. The van der Waals surface area contributed by atoms with E-state index in [0.29, 0.717) is 17.3 Å². The fourth-order valence-electron chi connectivity index (χ4n) is 2.16. The van der Waals surface area contributed by atoms with Crippen LogP contribution in [0.15, 0.2) is 18.2 Å². The minimum absolute atomic E-state index is 0.112. The smallest absolute Gasteiger partial charge is 0.219 e. The van der Waals surface area contributed by atoms with Crippen LogP contribution in [0.1, 0.15) is 18.5 Å². The highest BCUT2D eigenvalue weighted by Crippen LogP contribution is 2.28. The molecule has 1 amide bonds. The van der Waals surface area contributed by atoms with Gasteiger partial charge >= 0.3 is 0 Å². The zero-order valence-corrected chi connectivity index (χ0v) is 11.3. The van der Waals surface area contributed by atoms with Gasteiger partial charge in [-0.15, -0.1) is 0 Å². The van der Waals surface area contributed by atoms with Gasteiger partial charge in [-0.25, -0.2) is 0 Å². The zero-order valence-electron chi connectivity index (χ0n) is 10.6. The topological polar surface area (TPSA) is 41.6 Å². The summed E-state index contributed by atoms with van der Waals surface area (Å²) in [7, 11) is 1.59. The number of halogens is 1. The van der Waals surface area contributed by atoms with Crippen molar-refractivity contribution < 1.29 is 9.53 Å². The van der Waals surface area contributed by atoms with Crippen molar-refractivity contribution in [2.75, 3.05) is 26.7 Å². The van der Waals surface area contributed by atoms with E-state index in [9.17, 15) is 4.79 Å². The minimum Gasteiger partial charge on any atom is -0.495 e. The van der Waals surface area contributed by atoms with Gasteiger partial charge in [0.15, 0.2) is 0 Å². The number of nitrogens with one attached hydrogen (secondary N) is 1. The van der Waals surface area contributed by atoms with Gasteiger partial charge in [-0.1, -0.05) is 17.7 Å². The van der Waals surface area contributed by atoms with Crippen molar-refractivity contribution in [1.82, 2.24) is 10.2 Å². The molecule has 1 atom stereocenters. The normalized spacial score (nSPS) is 19.7. The third-order valence-corrected chi connectivity index (χ3v) is 3.49. The van der Waals surface area contributed by atoms with Crippen molar-refractivity contribution >= 4 is 17.5 Å². The van der Waals surface area contributed by atoms with Crippen LogP contribution in [0.2, 0.25) is 5.02 Å². The van der Waals surface area contributed by atoms with Crippen LogP contribution in [-0.2, 0) is 4.79 Å². The predicted octanol–water partition coefficient (Wildman–Crippen LogP) is 1.84. The van der Waals surface area contributed by atoms with Crippen LogP contribution in [-0.4, -0.2) is 37.6 Å². The Morgan fingerprint density at radius 2 is 2.33 bits per heavy atom. The first-order valence-corrected chi connectivity index (χ1v) is 6.32. The Morgan fingerprint density at radius 3 is 2.94 bits per heavy atom. The summed E-state index contributed by atoms with van der Waals surface area (Å²) < 4.78 is 5.13. The van der Waals surface area contributed by atoms with E-state index in [0.717, 1.165) is 18.7 Å². The molecule has 98 valence electrons. The van der Waals surface area contributed by atoms with E-state index >= 15 is 0 Å². The van der Waals surface area contributed by atoms with Gasteiger partial charge in [-0.3, -0.25) is 4.79 Å². The molecule has 4 nitrogen and oxygen atoms in total. The molecule has 2 rings (SSSR count). The first-order valence-electron chi connectivity index (χ1n) is 5.94. The van der Waals surface area contributed by atoms with Crippen molar-refractivity contribution in [3.05, 3.63) is 28.8 Å². The van der Waals surface area contributed by atoms with Gasteiger partial charge in [0, 0.05) is 32.6 Å². The lowest BCUT2D eigenvalue weighted by Gasteiger charge is -2.33. The highest BCUT2D eigenvalue weighted by Gasteiger charge is 2.22. The monoisotopic (exact) mass is 268 g/mol. The molecular weight excluding hydrogens is 252 g/mol. The highest BCUT2D eigenvalue weighted by molar-refractivity contribution is 6.32. The molecular formula is C13H17ClN2O2. The molecule has 1 saturated heterocycles. The molecule has 0 bridgehead atoms. The van der Waals surface area contributed by atoms with Crippen LogP contribution in [0.5, 0.6) is 5.75 Å². The number of piperazine rings is 1.